The number of benzene rings is 5. The van der Waals surface area contributed by atoms with E-state index in [2.05, 4.69) is 121 Å². The van der Waals surface area contributed by atoms with Gasteiger partial charge in [-0.1, -0.05) is 133 Å². The molecule has 0 aliphatic heterocycles. The third-order valence-corrected chi connectivity index (χ3v) is 6.12. The zero-order valence-electron chi connectivity index (χ0n) is 18.1. The fourth-order valence-corrected chi connectivity index (χ4v) is 4.60. The first-order valence-electron chi connectivity index (χ1n) is 11.2. The molecule has 0 atom stereocenters. The maximum Gasteiger partial charge on any atom is 0.143 e. The van der Waals surface area contributed by atoms with Gasteiger partial charge in [-0.3, -0.25) is 0 Å². The molecule has 0 saturated heterocycles. The second-order valence-electron chi connectivity index (χ2n) is 8.13. The van der Waals surface area contributed by atoms with Crippen LogP contribution >= 0.6 is 0 Å². The summed E-state index contributed by atoms with van der Waals surface area (Å²) < 4.78 is 6.76. The van der Waals surface area contributed by atoms with Crippen molar-refractivity contribution in [3.8, 4) is 44.9 Å². The third-order valence-electron chi connectivity index (χ3n) is 6.12. The van der Waals surface area contributed by atoms with Gasteiger partial charge in [-0.2, -0.15) is 0 Å². The maximum absolute atomic E-state index is 6.76. The Morgan fingerprint density at radius 1 is 0.333 bits per heavy atom. The van der Waals surface area contributed by atoms with E-state index in [-0.39, 0.29) is 0 Å². The van der Waals surface area contributed by atoms with E-state index >= 15 is 0 Å². The Morgan fingerprint density at radius 3 is 1.45 bits per heavy atom. The summed E-state index contributed by atoms with van der Waals surface area (Å²) in [6.07, 6.45) is 0. The molecule has 0 saturated carbocycles. The van der Waals surface area contributed by atoms with Crippen molar-refractivity contribution < 1.29 is 4.42 Å². The van der Waals surface area contributed by atoms with Crippen molar-refractivity contribution >= 4 is 10.8 Å². The molecule has 1 heterocycles. The van der Waals surface area contributed by atoms with Gasteiger partial charge < -0.3 is 4.42 Å². The first kappa shape index (κ1) is 19.3. The maximum atomic E-state index is 6.76. The van der Waals surface area contributed by atoms with Crippen LogP contribution in [-0.2, 0) is 0 Å². The van der Waals surface area contributed by atoms with E-state index in [1.165, 1.54) is 22.3 Å². The summed E-state index contributed by atoms with van der Waals surface area (Å²) in [7, 11) is 0. The number of hydrogen-bond acceptors (Lipinski definition) is 1. The minimum absolute atomic E-state index is 0.904. The van der Waals surface area contributed by atoms with Gasteiger partial charge in [-0.05, 0) is 22.3 Å². The summed E-state index contributed by atoms with van der Waals surface area (Å²) in [6, 6.07) is 46.4. The molecule has 0 spiro atoms. The van der Waals surface area contributed by atoms with Crippen LogP contribution in [0.3, 0.4) is 0 Å². The fraction of sp³-hybridized carbons (Fsp3) is 0. The standard InChI is InChI=1S/C32H22O/c1-4-13-23(14-5-1)26-19-10-11-20-28(26)32-29-22-12-21-27(24-15-6-2-7-16-24)30(29)31(33-32)25-17-8-3-9-18-25/h1-22H. The van der Waals surface area contributed by atoms with Crippen molar-refractivity contribution in [2.24, 2.45) is 0 Å². The lowest BCUT2D eigenvalue weighted by Crippen LogP contribution is -1.84. The van der Waals surface area contributed by atoms with Crippen LogP contribution in [0.25, 0.3) is 55.7 Å². The Hall–Kier alpha value is -4.36. The summed E-state index contributed by atoms with van der Waals surface area (Å²) in [4.78, 5) is 0. The van der Waals surface area contributed by atoms with E-state index in [0.717, 1.165) is 33.4 Å². The van der Waals surface area contributed by atoms with Crippen molar-refractivity contribution in [2.45, 2.75) is 0 Å². The lowest BCUT2D eigenvalue weighted by atomic mass is 9.93. The SMILES string of the molecule is c1ccc(-c2ccccc2-c2oc(-c3ccccc3)c3c(-c4ccccc4)cccc23)cc1. The first-order chi connectivity index (χ1) is 16.4. The molecule has 0 fully saturated rings. The molecule has 0 bridgehead atoms. The highest BCUT2D eigenvalue weighted by Crippen LogP contribution is 2.45. The van der Waals surface area contributed by atoms with Crippen LogP contribution in [0.2, 0.25) is 0 Å². The summed E-state index contributed by atoms with van der Waals surface area (Å²) in [5, 5.41) is 2.27. The molecule has 33 heavy (non-hydrogen) atoms. The average Bonchev–Trinajstić information content (AvgIpc) is 3.30. The van der Waals surface area contributed by atoms with Crippen molar-refractivity contribution in [1.29, 1.82) is 0 Å². The van der Waals surface area contributed by atoms with E-state index in [1.807, 2.05) is 12.1 Å². The van der Waals surface area contributed by atoms with Crippen LogP contribution in [0.15, 0.2) is 138 Å². The molecular weight excluding hydrogens is 400 g/mol. The number of hydrogen-bond donors (Lipinski definition) is 0. The molecule has 6 rings (SSSR count). The molecule has 1 heteroatoms. The molecule has 0 amide bonds. The van der Waals surface area contributed by atoms with Crippen LogP contribution in [-0.4, -0.2) is 0 Å². The summed E-state index contributed by atoms with van der Waals surface area (Å²) in [6.45, 7) is 0. The highest BCUT2D eigenvalue weighted by atomic mass is 16.3. The molecule has 5 aromatic carbocycles. The highest BCUT2D eigenvalue weighted by molar-refractivity contribution is 6.11. The molecule has 0 radical (unpaired) electrons. The lowest BCUT2D eigenvalue weighted by molar-refractivity contribution is 0.602. The number of rotatable bonds is 4. The van der Waals surface area contributed by atoms with Crippen molar-refractivity contribution in [1.82, 2.24) is 0 Å². The molecule has 0 N–H and O–H groups in total. The molecule has 156 valence electrons. The smallest absolute Gasteiger partial charge is 0.143 e. The van der Waals surface area contributed by atoms with Gasteiger partial charge >= 0.3 is 0 Å². The lowest BCUT2D eigenvalue weighted by Gasteiger charge is -2.08. The van der Waals surface area contributed by atoms with Crippen LogP contribution in [0.1, 0.15) is 0 Å². The summed E-state index contributed by atoms with van der Waals surface area (Å²) >= 11 is 0. The van der Waals surface area contributed by atoms with E-state index in [4.69, 9.17) is 4.42 Å². The summed E-state index contributed by atoms with van der Waals surface area (Å²) in [5.41, 5.74) is 6.88. The highest BCUT2D eigenvalue weighted by Gasteiger charge is 2.21. The van der Waals surface area contributed by atoms with E-state index in [1.54, 1.807) is 0 Å². The van der Waals surface area contributed by atoms with Gasteiger partial charge in [-0.25, -0.2) is 0 Å². The average molecular weight is 423 g/mol. The third kappa shape index (κ3) is 3.44. The Bertz CT molecular complexity index is 1530. The molecule has 1 aromatic heterocycles. The Balaban J connectivity index is 1.68. The van der Waals surface area contributed by atoms with Gasteiger partial charge in [0, 0.05) is 21.9 Å². The van der Waals surface area contributed by atoms with Gasteiger partial charge in [0.1, 0.15) is 11.5 Å². The monoisotopic (exact) mass is 422 g/mol. The fourth-order valence-electron chi connectivity index (χ4n) is 4.60. The molecule has 0 aliphatic rings. The van der Waals surface area contributed by atoms with Gasteiger partial charge in [0.15, 0.2) is 0 Å². The Labute approximate surface area is 193 Å². The van der Waals surface area contributed by atoms with E-state index < -0.39 is 0 Å². The molecule has 6 aromatic rings. The Kier molecular flexibility index (Phi) is 4.86. The number of furan rings is 1. The topological polar surface area (TPSA) is 13.1 Å². The van der Waals surface area contributed by atoms with Crippen molar-refractivity contribution in [2.75, 3.05) is 0 Å². The van der Waals surface area contributed by atoms with Gasteiger partial charge in [0.2, 0.25) is 0 Å². The van der Waals surface area contributed by atoms with E-state index in [0.29, 0.717) is 0 Å². The van der Waals surface area contributed by atoms with Gasteiger partial charge in [0.05, 0.1) is 0 Å². The van der Waals surface area contributed by atoms with Crippen molar-refractivity contribution in [3.63, 3.8) is 0 Å². The van der Waals surface area contributed by atoms with Gasteiger partial charge in [0.25, 0.3) is 0 Å². The minimum Gasteiger partial charge on any atom is -0.455 e. The molecule has 1 nitrogen and oxygen atoms in total. The first-order valence-corrected chi connectivity index (χ1v) is 11.2. The van der Waals surface area contributed by atoms with Crippen LogP contribution < -0.4 is 0 Å². The zero-order valence-corrected chi connectivity index (χ0v) is 18.1. The zero-order chi connectivity index (χ0) is 22.0. The predicted molar refractivity (Wildman–Crippen MR) is 138 cm³/mol. The van der Waals surface area contributed by atoms with Gasteiger partial charge in [-0.15, -0.1) is 0 Å². The Morgan fingerprint density at radius 2 is 0.818 bits per heavy atom. The number of fused-ring (bicyclic) bond motifs is 1. The largest absolute Gasteiger partial charge is 0.455 e. The molecule has 0 aliphatic carbocycles. The summed E-state index contributed by atoms with van der Waals surface area (Å²) in [5.74, 6) is 1.81. The van der Waals surface area contributed by atoms with Crippen molar-refractivity contribution in [3.05, 3.63) is 133 Å². The molecule has 0 unspecified atom stereocenters. The second kappa shape index (κ2) is 8.29. The minimum atomic E-state index is 0.904. The van der Waals surface area contributed by atoms with Crippen LogP contribution in [0, 0.1) is 0 Å². The van der Waals surface area contributed by atoms with Crippen LogP contribution in [0.4, 0.5) is 0 Å². The van der Waals surface area contributed by atoms with Crippen LogP contribution in [0.5, 0.6) is 0 Å². The predicted octanol–water partition coefficient (Wildman–Crippen LogP) is 9.10. The molecular formula is C32H22O. The normalized spacial score (nSPS) is 11.0. The van der Waals surface area contributed by atoms with E-state index in [9.17, 15) is 0 Å². The quantitative estimate of drug-likeness (QED) is 0.276. The second-order valence-corrected chi connectivity index (χ2v) is 8.13.